The lowest BCUT2D eigenvalue weighted by molar-refractivity contribution is -0.385. The van der Waals surface area contributed by atoms with Crippen molar-refractivity contribution in [2.24, 2.45) is 0 Å². The number of anilines is 1. The van der Waals surface area contributed by atoms with Crippen LogP contribution in [-0.4, -0.2) is 33.9 Å². The number of hydrogen-bond acceptors (Lipinski definition) is 8. The van der Waals surface area contributed by atoms with Crippen LogP contribution in [0.1, 0.15) is 15.9 Å². The van der Waals surface area contributed by atoms with Crippen LogP contribution in [0.5, 0.6) is 17.5 Å². The van der Waals surface area contributed by atoms with Gasteiger partial charge < -0.3 is 14.8 Å². The molecule has 0 aliphatic heterocycles. The molecule has 0 unspecified atom stereocenters. The first-order valence-electron chi connectivity index (χ1n) is 8.87. The van der Waals surface area contributed by atoms with Gasteiger partial charge in [-0.2, -0.15) is 9.97 Å². The van der Waals surface area contributed by atoms with Crippen LogP contribution < -0.4 is 20.1 Å². The predicted molar refractivity (Wildman–Crippen MR) is 109 cm³/mol. The Kier molecular flexibility index (Phi) is 6.36. The first-order chi connectivity index (χ1) is 14.9. The number of hydrogen-bond donors (Lipinski definition) is 2. The van der Waals surface area contributed by atoms with E-state index in [2.05, 4.69) is 20.6 Å². The lowest BCUT2D eigenvalue weighted by Gasteiger charge is -2.11. The van der Waals surface area contributed by atoms with E-state index in [-0.39, 0.29) is 11.6 Å². The molecule has 0 fully saturated rings. The molecule has 0 aliphatic carbocycles. The number of aromatic nitrogens is 2. The van der Waals surface area contributed by atoms with Crippen LogP contribution in [-0.2, 0) is 0 Å². The molecule has 2 aromatic carbocycles. The number of imide groups is 1. The second kappa shape index (κ2) is 9.31. The maximum absolute atomic E-state index is 12.2. The molecule has 31 heavy (non-hydrogen) atoms. The van der Waals surface area contributed by atoms with Gasteiger partial charge in [-0.15, -0.1) is 0 Å². The van der Waals surface area contributed by atoms with Crippen LogP contribution in [0.4, 0.5) is 16.2 Å². The van der Waals surface area contributed by atoms with Crippen LogP contribution in [0.2, 0.25) is 0 Å². The highest BCUT2D eigenvalue weighted by molar-refractivity contribution is 6.09. The molecule has 0 spiro atoms. The van der Waals surface area contributed by atoms with Crippen LogP contribution in [0.3, 0.4) is 0 Å². The van der Waals surface area contributed by atoms with Crippen molar-refractivity contribution in [2.45, 2.75) is 6.92 Å². The molecular formula is C20H17N5O6. The van der Waals surface area contributed by atoms with Gasteiger partial charge in [-0.3, -0.25) is 20.2 Å². The zero-order chi connectivity index (χ0) is 22.4. The zero-order valence-electron chi connectivity index (χ0n) is 16.5. The fourth-order valence-electron chi connectivity index (χ4n) is 2.56. The number of urea groups is 1. The normalized spacial score (nSPS) is 10.1. The summed E-state index contributed by atoms with van der Waals surface area (Å²) >= 11 is 0. The number of nitrogens with zero attached hydrogens (tertiary/aromatic N) is 3. The zero-order valence-corrected chi connectivity index (χ0v) is 16.5. The van der Waals surface area contributed by atoms with Gasteiger partial charge in [0.05, 0.1) is 24.4 Å². The molecule has 11 nitrogen and oxygen atoms in total. The van der Waals surface area contributed by atoms with Crippen molar-refractivity contribution in [1.29, 1.82) is 0 Å². The third kappa shape index (κ3) is 5.29. The highest BCUT2D eigenvalue weighted by Crippen LogP contribution is 2.26. The molecule has 0 bridgehead atoms. The van der Waals surface area contributed by atoms with E-state index in [0.717, 1.165) is 0 Å². The minimum atomic E-state index is -0.891. The van der Waals surface area contributed by atoms with Gasteiger partial charge >= 0.3 is 12.0 Å². The Labute approximate surface area is 176 Å². The molecule has 0 aliphatic rings. The van der Waals surface area contributed by atoms with E-state index in [1.54, 1.807) is 25.1 Å². The van der Waals surface area contributed by atoms with E-state index in [0.29, 0.717) is 22.7 Å². The van der Waals surface area contributed by atoms with Gasteiger partial charge in [0, 0.05) is 11.8 Å². The first kappa shape index (κ1) is 21.2. The van der Waals surface area contributed by atoms with Gasteiger partial charge in [0.2, 0.25) is 0 Å². The number of para-hydroxylation sites is 1. The van der Waals surface area contributed by atoms with Gasteiger partial charge in [0.1, 0.15) is 11.3 Å². The molecule has 3 aromatic rings. The SMILES string of the molecule is COc1cnc(Oc2ccc(NC(=O)NC(=O)c3ccccc3[N+](=O)[O-])cc2C)nc1. The summed E-state index contributed by atoms with van der Waals surface area (Å²) in [6, 6.07) is 9.40. The highest BCUT2D eigenvalue weighted by atomic mass is 16.6. The standard InChI is InChI=1S/C20H17N5O6/c1-12-9-13(7-8-17(12)31-20-21-10-14(30-2)11-22-20)23-19(27)24-18(26)15-5-3-4-6-16(15)25(28)29/h3-11H,1-2H3,(H2,23,24,26,27). The summed E-state index contributed by atoms with van der Waals surface area (Å²) in [5, 5.41) is 15.6. The molecular weight excluding hydrogens is 406 g/mol. The Morgan fingerprint density at radius 1 is 1.10 bits per heavy atom. The number of carbonyl (C=O) groups excluding carboxylic acids is 2. The van der Waals surface area contributed by atoms with Gasteiger partial charge in [0.15, 0.2) is 5.75 Å². The molecule has 0 saturated heterocycles. The number of amides is 3. The maximum Gasteiger partial charge on any atom is 0.326 e. The predicted octanol–water partition coefficient (Wildman–Crippen LogP) is 3.46. The number of nitro benzene ring substituents is 1. The van der Waals surface area contributed by atoms with Gasteiger partial charge in [0.25, 0.3) is 11.6 Å². The number of nitro groups is 1. The van der Waals surface area contributed by atoms with E-state index in [9.17, 15) is 19.7 Å². The topological polar surface area (TPSA) is 146 Å². The summed E-state index contributed by atoms with van der Waals surface area (Å²) in [5.74, 6) is 0.0651. The van der Waals surface area contributed by atoms with Crippen molar-refractivity contribution in [2.75, 3.05) is 12.4 Å². The van der Waals surface area contributed by atoms with Crippen molar-refractivity contribution < 1.29 is 24.0 Å². The summed E-state index contributed by atoms with van der Waals surface area (Å²) in [6.45, 7) is 1.75. The molecule has 1 aromatic heterocycles. The van der Waals surface area contributed by atoms with Crippen LogP contribution in [0.25, 0.3) is 0 Å². The summed E-state index contributed by atoms with van der Waals surface area (Å²) in [7, 11) is 1.50. The van der Waals surface area contributed by atoms with Crippen molar-refractivity contribution >= 4 is 23.3 Å². The van der Waals surface area contributed by atoms with E-state index < -0.39 is 22.5 Å². The second-order valence-corrected chi connectivity index (χ2v) is 6.17. The molecule has 1 heterocycles. The summed E-state index contributed by atoms with van der Waals surface area (Å²) in [4.78, 5) is 42.7. The quantitative estimate of drug-likeness (QED) is 0.453. The number of nitrogens with one attached hydrogen (secondary N) is 2. The van der Waals surface area contributed by atoms with E-state index in [4.69, 9.17) is 9.47 Å². The van der Waals surface area contributed by atoms with E-state index in [1.807, 2.05) is 0 Å². The highest BCUT2D eigenvalue weighted by Gasteiger charge is 2.21. The number of carbonyl (C=O) groups is 2. The summed E-state index contributed by atoms with van der Waals surface area (Å²) in [6.07, 6.45) is 2.93. The average Bonchev–Trinajstić information content (AvgIpc) is 2.76. The van der Waals surface area contributed by atoms with Crippen molar-refractivity contribution in [1.82, 2.24) is 15.3 Å². The smallest absolute Gasteiger partial charge is 0.326 e. The van der Waals surface area contributed by atoms with Gasteiger partial charge in [-0.25, -0.2) is 4.79 Å². The number of aryl methyl sites for hydroxylation is 1. The largest absolute Gasteiger partial charge is 0.494 e. The minimum absolute atomic E-state index is 0.123. The monoisotopic (exact) mass is 423 g/mol. The van der Waals surface area contributed by atoms with E-state index >= 15 is 0 Å². The Balaban J connectivity index is 1.64. The van der Waals surface area contributed by atoms with E-state index in [1.165, 1.54) is 43.8 Å². The molecule has 158 valence electrons. The number of ether oxygens (including phenoxy) is 2. The Morgan fingerprint density at radius 2 is 1.81 bits per heavy atom. The summed E-state index contributed by atoms with van der Waals surface area (Å²) < 4.78 is 10.6. The summed E-state index contributed by atoms with van der Waals surface area (Å²) in [5.41, 5.74) is 0.434. The third-order valence-electron chi connectivity index (χ3n) is 4.05. The fourth-order valence-corrected chi connectivity index (χ4v) is 2.56. The molecule has 11 heteroatoms. The molecule has 0 atom stereocenters. The molecule has 2 N–H and O–H groups in total. The number of rotatable bonds is 6. The second-order valence-electron chi connectivity index (χ2n) is 6.17. The van der Waals surface area contributed by atoms with Crippen molar-refractivity contribution in [3.05, 3.63) is 76.1 Å². The van der Waals surface area contributed by atoms with Crippen LogP contribution in [0.15, 0.2) is 54.9 Å². The number of benzene rings is 2. The van der Waals surface area contributed by atoms with Gasteiger partial charge in [-0.1, -0.05) is 12.1 Å². The van der Waals surface area contributed by atoms with Crippen molar-refractivity contribution in [3.8, 4) is 17.5 Å². The molecule has 3 amide bonds. The Hall–Kier alpha value is -4.54. The lowest BCUT2D eigenvalue weighted by atomic mass is 10.1. The van der Waals surface area contributed by atoms with Crippen LogP contribution >= 0.6 is 0 Å². The Morgan fingerprint density at radius 3 is 2.45 bits per heavy atom. The Bertz CT molecular complexity index is 1130. The number of methoxy groups -OCH3 is 1. The molecule has 0 saturated carbocycles. The lowest BCUT2D eigenvalue weighted by Crippen LogP contribution is -2.34. The molecule has 0 radical (unpaired) electrons. The third-order valence-corrected chi connectivity index (χ3v) is 4.05. The van der Waals surface area contributed by atoms with Crippen molar-refractivity contribution in [3.63, 3.8) is 0 Å². The maximum atomic E-state index is 12.2. The fraction of sp³-hybridized carbons (Fsp3) is 0.100. The minimum Gasteiger partial charge on any atom is -0.494 e. The van der Waals surface area contributed by atoms with Crippen LogP contribution in [0, 0.1) is 17.0 Å². The molecule has 3 rings (SSSR count). The van der Waals surface area contributed by atoms with Gasteiger partial charge in [-0.05, 0) is 36.8 Å². The first-order valence-corrected chi connectivity index (χ1v) is 8.87. The average molecular weight is 423 g/mol.